The molecule has 0 aromatic heterocycles. The zero-order valence-electron chi connectivity index (χ0n) is 18.1. The second-order valence-corrected chi connectivity index (χ2v) is 7.65. The van der Waals surface area contributed by atoms with Crippen LogP contribution in [-0.2, 0) is 0 Å². The second kappa shape index (κ2) is 8.00. The minimum absolute atomic E-state index is 0.0542. The molecule has 3 aromatic carbocycles. The molecule has 32 heavy (non-hydrogen) atoms. The van der Waals surface area contributed by atoms with Crippen LogP contribution in [0.15, 0.2) is 65.8 Å². The van der Waals surface area contributed by atoms with Gasteiger partial charge in [0.2, 0.25) is 6.23 Å². The van der Waals surface area contributed by atoms with Crippen LogP contribution in [0, 0.1) is 0 Å². The molecule has 164 valence electrons. The molecule has 0 fully saturated rings. The molecule has 2 atom stereocenters. The Morgan fingerprint density at radius 2 is 1.66 bits per heavy atom. The molecule has 7 nitrogen and oxygen atoms in total. The normalized spacial score (nSPS) is 18.8. The van der Waals surface area contributed by atoms with Crippen LogP contribution in [0.2, 0.25) is 0 Å². The number of phenolic OH excluding ortho intramolecular Hbond substituents is 1. The molecule has 0 spiro atoms. The van der Waals surface area contributed by atoms with E-state index in [1.807, 2.05) is 41.4 Å². The lowest BCUT2D eigenvalue weighted by Gasteiger charge is -2.38. The van der Waals surface area contributed by atoms with Crippen molar-refractivity contribution in [3.05, 3.63) is 77.4 Å². The summed E-state index contributed by atoms with van der Waals surface area (Å²) in [4.78, 5) is 0. The van der Waals surface area contributed by atoms with Gasteiger partial charge in [0, 0.05) is 17.5 Å². The fourth-order valence-corrected chi connectivity index (χ4v) is 4.31. The van der Waals surface area contributed by atoms with E-state index in [2.05, 4.69) is 6.07 Å². The molecule has 3 aromatic rings. The van der Waals surface area contributed by atoms with E-state index in [1.165, 1.54) is 0 Å². The fraction of sp³-hybridized carbons (Fsp3) is 0.240. The number of hydrogen-bond acceptors (Lipinski definition) is 7. The van der Waals surface area contributed by atoms with Crippen LogP contribution in [0.5, 0.6) is 28.7 Å². The zero-order chi connectivity index (χ0) is 22.2. The largest absolute Gasteiger partial charge is 0.507 e. The summed E-state index contributed by atoms with van der Waals surface area (Å²) in [7, 11) is 4.86. The number of hydrazone groups is 1. The molecule has 0 bridgehead atoms. The van der Waals surface area contributed by atoms with Gasteiger partial charge in [-0.3, -0.25) is 0 Å². The number of rotatable bonds is 5. The summed E-state index contributed by atoms with van der Waals surface area (Å²) in [5, 5.41) is 17.4. The van der Waals surface area contributed by atoms with E-state index in [9.17, 15) is 5.11 Å². The molecule has 0 unspecified atom stereocenters. The lowest BCUT2D eigenvalue weighted by molar-refractivity contribution is -0.0204. The average Bonchev–Trinajstić information content (AvgIpc) is 3.29. The number of hydrogen-bond donors (Lipinski definition) is 1. The highest BCUT2D eigenvalue weighted by Gasteiger charge is 2.42. The topological polar surface area (TPSA) is 72.8 Å². The van der Waals surface area contributed by atoms with E-state index in [-0.39, 0.29) is 11.8 Å². The van der Waals surface area contributed by atoms with Crippen LogP contribution >= 0.6 is 0 Å². The van der Waals surface area contributed by atoms with E-state index < -0.39 is 6.23 Å². The predicted molar refractivity (Wildman–Crippen MR) is 120 cm³/mol. The smallest absolute Gasteiger partial charge is 0.217 e. The molecule has 1 N–H and O–H groups in total. The van der Waals surface area contributed by atoms with E-state index in [0.717, 1.165) is 22.6 Å². The van der Waals surface area contributed by atoms with E-state index in [1.54, 1.807) is 39.5 Å². The van der Waals surface area contributed by atoms with Crippen molar-refractivity contribution in [1.29, 1.82) is 0 Å². The Bertz CT molecular complexity index is 1190. The van der Waals surface area contributed by atoms with Gasteiger partial charge in [-0.25, -0.2) is 5.01 Å². The monoisotopic (exact) mass is 432 g/mol. The maximum atomic E-state index is 10.5. The number of phenols is 1. The van der Waals surface area contributed by atoms with Crippen molar-refractivity contribution in [3.8, 4) is 28.7 Å². The Kier molecular flexibility index (Phi) is 5.01. The first-order valence-electron chi connectivity index (χ1n) is 10.3. The lowest BCUT2D eigenvalue weighted by Crippen LogP contribution is -2.33. The SMILES string of the molecule is COc1ccc(O)c(C2=NN3[C@@H](C2)c2ccccc2O[C@H]3c2cc(OC)ccc2OC)c1. The molecule has 0 aliphatic carbocycles. The highest BCUT2D eigenvalue weighted by molar-refractivity contribution is 6.04. The summed E-state index contributed by atoms with van der Waals surface area (Å²) in [5.41, 5.74) is 3.27. The Morgan fingerprint density at radius 3 is 2.44 bits per heavy atom. The van der Waals surface area contributed by atoms with Gasteiger partial charge in [-0.2, -0.15) is 5.10 Å². The zero-order valence-corrected chi connectivity index (χ0v) is 18.1. The van der Waals surface area contributed by atoms with Crippen molar-refractivity contribution in [1.82, 2.24) is 5.01 Å². The van der Waals surface area contributed by atoms with Gasteiger partial charge in [0.05, 0.1) is 38.6 Å². The number of aromatic hydroxyl groups is 1. The standard InChI is InChI=1S/C25H24N2O5/c1-29-15-8-10-22(28)18(12-15)20-14-21-17-6-4-5-7-24(17)32-25(27(21)26-20)19-13-16(30-2)9-11-23(19)31-3/h4-13,21,25,28H,14H2,1-3H3/t21-,25-/m0/s1. The summed E-state index contributed by atoms with van der Waals surface area (Å²) in [6, 6.07) is 18.7. The molecule has 0 saturated heterocycles. The third kappa shape index (κ3) is 3.26. The number of methoxy groups -OCH3 is 3. The molecule has 0 saturated carbocycles. The highest BCUT2D eigenvalue weighted by atomic mass is 16.5. The highest BCUT2D eigenvalue weighted by Crippen LogP contribution is 2.49. The van der Waals surface area contributed by atoms with E-state index in [4.69, 9.17) is 24.0 Å². The number of nitrogens with zero attached hydrogens (tertiary/aromatic N) is 2. The molecule has 5 rings (SSSR count). The first kappa shape index (κ1) is 20.1. The van der Waals surface area contributed by atoms with Gasteiger partial charge in [-0.1, -0.05) is 18.2 Å². The van der Waals surface area contributed by atoms with E-state index in [0.29, 0.717) is 29.2 Å². The van der Waals surface area contributed by atoms with Crippen LogP contribution in [0.3, 0.4) is 0 Å². The summed E-state index contributed by atoms with van der Waals surface area (Å²) < 4.78 is 22.9. The van der Waals surface area contributed by atoms with Gasteiger partial charge < -0.3 is 24.1 Å². The minimum atomic E-state index is -0.523. The molecule has 7 heteroatoms. The van der Waals surface area contributed by atoms with Crippen molar-refractivity contribution >= 4 is 5.71 Å². The quantitative estimate of drug-likeness (QED) is 0.632. The Balaban J connectivity index is 1.64. The first-order valence-corrected chi connectivity index (χ1v) is 10.3. The van der Waals surface area contributed by atoms with E-state index >= 15 is 0 Å². The van der Waals surface area contributed by atoms with Crippen LogP contribution in [0.1, 0.15) is 35.4 Å². The van der Waals surface area contributed by atoms with Crippen LogP contribution in [0.4, 0.5) is 0 Å². The first-order chi connectivity index (χ1) is 15.6. The Morgan fingerprint density at radius 1 is 0.906 bits per heavy atom. The molecular formula is C25H24N2O5. The lowest BCUT2D eigenvalue weighted by atomic mass is 9.95. The molecule has 0 radical (unpaired) electrons. The van der Waals surface area contributed by atoms with Crippen molar-refractivity contribution in [2.75, 3.05) is 21.3 Å². The van der Waals surface area contributed by atoms with Gasteiger partial charge in [0.15, 0.2) is 0 Å². The molecule has 2 aliphatic rings. The Hall–Kier alpha value is -3.87. The van der Waals surface area contributed by atoms with Crippen LogP contribution < -0.4 is 18.9 Å². The van der Waals surface area contributed by atoms with Crippen LogP contribution in [-0.4, -0.2) is 37.2 Å². The van der Waals surface area contributed by atoms with Gasteiger partial charge in [-0.05, 0) is 42.5 Å². The fourth-order valence-electron chi connectivity index (χ4n) is 4.31. The molecule has 2 aliphatic heterocycles. The maximum Gasteiger partial charge on any atom is 0.217 e. The molecule has 2 heterocycles. The van der Waals surface area contributed by atoms with Crippen molar-refractivity contribution in [2.24, 2.45) is 5.10 Å². The van der Waals surface area contributed by atoms with Crippen molar-refractivity contribution in [2.45, 2.75) is 18.7 Å². The Labute approximate surface area is 186 Å². The third-order valence-corrected chi connectivity index (χ3v) is 5.92. The summed E-state index contributed by atoms with van der Waals surface area (Å²) in [6.07, 6.45) is 0.0920. The molecule has 0 amide bonds. The van der Waals surface area contributed by atoms with Crippen molar-refractivity contribution < 1.29 is 24.1 Å². The summed E-state index contributed by atoms with van der Waals surface area (Å²) >= 11 is 0. The number of benzene rings is 3. The van der Waals surface area contributed by atoms with Gasteiger partial charge in [-0.15, -0.1) is 0 Å². The van der Waals surface area contributed by atoms with Crippen LogP contribution in [0.25, 0.3) is 0 Å². The number of ether oxygens (including phenoxy) is 4. The summed E-state index contributed by atoms with van der Waals surface area (Å²) in [5.74, 6) is 3.01. The minimum Gasteiger partial charge on any atom is -0.507 e. The average molecular weight is 432 g/mol. The van der Waals surface area contributed by atoms with Gasteiger partial charge in [0.1, 0.15) is 28.7 Å². The summed E-state index contributed by atoms with van der Waals surface area (Å²) in [6.45, 7) is 0. The predicted octanol–water partition coefficient (Wildman–Crippen LogP) is 4.66. The third-order valence-electron chi connectivity index (χ3n) is 5.92. The molecular weight excluding hydrogens is 408 g/mol. The number of fused-ring (bicyclic) bond motifs is 3. The number of para-hydroxylation sites is 1. The second-order valence-electron chi connectivity index (χ2n) is 7.65. The maximum absolute atomic E-state index is 10.5. The van der Waals surface area contributed by atoms with Crippen molar-refractivity contribution in [3.63, 3.8) is 0 Å². The van der Waals surface area contributed by atoms with Gasteiger partial charge >= 0.3 is 0 Å². The van der Waals surface area contributed by atoms with Gasteiger partial charge in [0.25, 0.3) is 0 Å².